The van der Waals surface area contributed by atoms with Gasteiger partial charge in [0.1, 0.15) is 30.2 Å². The molecule has 0 amide bonds. The van der Waals surface area contributed by atoms with E-state index in [4.69, 9.17) is 21.2 Å². The first-order valence-corrected chi connectivity index (χ1v) is 4.81. The molecule has 0 spiro atoms. The highest BCUT2D eigenvalue weighted by atomic mass is 16.4. The fraction of sp³-hybridized carbons (Fsp3) is 0.400. The molecule has 0 aliphatic heterocycles. The van der Waals surface area contributed by atoms with Crippen LogP contribution in [-0.2, 0) is 0 Å². The normalized spacial score (nSPS) is 15.9. The van der Waals surface area contributed by atoms with E-state index in [2.05, 4.69) is 4.98 Å². The smallest absolute Gasteiger partial charge is 0.141 e. The second-order valence-corrected chi connectivity index (χ2v) is 3.50. The Morgan fingerprint density at radius 1 is 1.41 bits per heavy atom. The van der Waals surface area contributed by atoms with Crippen LogP contribution in [-0.4, -0.2) is 44.2 Å². The lowest BCUT2D eigenvalue weighted by molar-refractivity contribution is -0.0777. The van der Waals surface area contributed by atoms with Crippen LogP contribution in [0.3, 0.4) is 0 Å². The maximum absolute atomic E-state index is 9.69. The van der Waals surface area contributed by atoms with Crippen molar-refractivity contribution < 1.29 is 20.4 Å². The van der Waals surface area contributed by atoms with Gasteiger partial charge in [0, 0.05) is 11.8 Å². The van der Waals surface area contributed by atoms with Gasteiger partial charge in [-0.15, -0.1) is 0 Å². The highest BCUT2D eigenvalue weighted by Crippen LogP contribution is 2.21. The summed E-state index contributed by atoms with van der Waals surface area (Å²) in [6.07, 6.45) is -3.32. The van der Waals surface area contributed by atoms with Gasteiger partial charge < -0.3 is 26.2 Å². The maximum Gasteiger partial charge on any atom is 0.141 e. The zero-order valence-electron chi connectivity index (χ0n) is 8.85. The fourth-order valence-corrected chi connectivity index (χ4v) is 1.26. The van der Waals surface area contributed by atoms with Gasteiger partial charge in [0.25, 0.3) is 0 Å². The van der Waals surface area contributed by atoms with Crippen molar-refractivity contribution in [3.05, 3.63) is 23.4 Å². The minimum atomic E-state index is -1.57. The molecule has 0 saturated heterocycles. The lowest BCUT2D eigenvalue weighted by atomic mass is 10.0. The van der Waals surface area contributed by atoms with Gasteiger partial charge in [-0.05, 0) is 6.07 Å². The van der Waals surface area contributed by atoms with Gasteiger partial charge in [-0.3, -0.25) is 0 Å². The number of nitrogen functional groups attached to an aromatic ring is 1. The summed E-state index contributed by atoms with van der Waals surface area (Å²) in [6.45, 7) is -0.689. The Kier molecular flexibility index (Phi) is 4.37. The minimum absolute atomic E-state index is 0.0145. The van der Waals surface area contributed by atoms with E-state index < -0.39 is 24.9 Å². The van der Waals surface area contributed by atoms with Crippen LogP contribution in [0.5, 0.6) is 0 Å². The fourth-order valence-electron chi connectivity index (χ4n) is 1.26. The second kappa shape index (κ2) is 5.56. The molecule has 0 unspecified atom stereocenters. The number of nitrogens with two attached hydrogens (primary N) is 1. The number of aliphatic hydroxyl groups excluding tert-OH is 4. The van der Waals surface area contributed by atoms with Crippen LogP contribution >= 0.6 is 0 Å². The zero-order chi connectivity index (χ0) is 13.0. The third-order valence-electron chi connectivity index (χ3n) is 2.31. The first kappa shape index (κ1) is 13.3. The summed E-state index contributed by atoms with van der Waals surface area (Å²) in [6, 6.07) is 3.04. The SMILES string of the molecule is N#Cc1cc([C@@H](O)[C@@H](O)[C@H](O)CO)cnc1N. The van der Waals surface area contributed by atoms with E-state index in [1.54, 1.807) is 6.07 Å². The average Bonchev–Trinajstić information content (AvgIpc) is 2.36. The molecule has 7 nitrogen and oxygen atoms in total. The molecule has 7 heteroatoms. The van der Waals surface area contributed by atoms with Crippen LogP contribution in [0, 0.1) is 11.3 Å². The van der Waals surface area contributed by atoms with Gasteiger partial charge >= 0.3 is 0 Å². The van der Waals surface area contributed by atoms with Crippen LogP contribution in [0.4, 0.5) is 5.82 Å². The Bertz CT molecular complexity index is 432. The molecule has 17 heavy (non-hydrogen) atoms. The Hall–Kier alpha value is -1.72. The van der Waals surface area contributed by atoms with E-state index in [1.165, 1.54) is 12.3 Å². The number of rotatable bonds is 4. The number of hydrogen-bond acceptors (Lipinski definition) is 7. The molecule has 1 heterocycles. The minimum Gasteiger partial charge on any atom is -0.394 e. The zero-order valence-corrected chi connectivity index (χ0v) is 8.85. The summed E-state index contributed by atoms with van der Waals surface area (Å²) in [5.41, 5.74) is 5.59. The van der Waals surface area contributed by atoms with E-state index in [1.807, 2.05) is 0 Å². The molecule has 0 radical (unpaired) electrons. The number of aromatic nitrogens is 1. The molecule has 3 atom stereocenters. The molecule has 6 N–H and O–H groups in total. The van der Waals surface area contributed by atoms with E-state index in [-0.39, 0.29) is 16.9 Å². The lowest BCUT2D eigenvalue weighted by Crippen LogP contribution is -2.34. The van der Waals surface area contributed by atoms with Crippen LogP contribution in [0.1, 0.15) is 17.2 Å². The number of aliphatic hydroxyl groups is 4. The van der Waals surface area contributed by atoms with Crippen molar-refractivity contribution in [1.29, 1.82) is 5.26 Å². The summed E-state index contributed by atoms with van der Waals surface area (Å²) >= 11 is 0. The monoisotopic (exact) mass is 239 g/mol. The molecule has 1 aromatic rings. The molecule has 0 fully saturated rings. The Labute approximate surface area is 97.4 Å². The predicted molar refractivity (Wildman–Crippen MR) is 57.4 cm³/mol. The molecule has 0 aliphatic rings. The van der Waals surface area contributed by atoms with Crippen molar-refractivity contribution in [2.75, 3.05) is 12.3 Å². The Balaban J connectivity index is 2.97. The van der Waals surface area contributed by atoms with Crippen molar-refractivity contribution in [3.63, 3.8) is 0 Å². The largest absolute Gasteiger partial charge is 0.394 e. The van der Waals surface area contributed by atoms with Crippen LogP contribution in [0.2, 0.25) is 0 Å². The summed E-state index contributed by atoms with van der Waals surface area (Å²) in [7, 11) is 0. The van der Waals surface area contributed by atoms with Crippen molar-refractivity contribution in [1.82, 2.24) is 4.98 Å². The first-order chi connectivity index (χ1) is 8.01. The maximum atomic E-state index is 9.69. The standard InChI is InChI=1S/C10H13N3O4/c11-2-5-1-6(3-13-10(5)12)8(16)9(17)7(15)4-14/h1,3,7-9,14-17H,4H2,(H2,12,13)/t7-,8-,9+/m1/s1. The van der Waals surface area contributed by atoms with Gasteiger partial charge in [0.2, 0.25) is 0 Å². The predicted octanol–water partition coefficient (Wildman–Crippen LogP) is -1.72. The third kappa shape index (κ3) is 2.89. The molecule has 0 aliphatic carbocycles. The number of nitriles is 1. The summed E-state index contributed by atoms with van der Waals surface area (Å²) in [5, 5.41) is 45.7. The molecule has 0 aromatic carbocycles. The van der Waals surface area contributed by atoms with Crippen LogP contribution in [0.25, 0.3) is 0 Å². The third-order valence-corrected chi connectivity index (χ3v) is 2.31. The van der Waals surface area contributed by atoms with E-state index in [0.29, 0.717) is 0 Å². The van der Waals surface area contributed by atoms with Crippen molar-refractivity contribution >= 4 is 5.82 Å². The van der Waals surface area contributed by atoms with Crippen molar-refractivity contribution in [2.45, 2.75) is 18.3 Å². The van der Waals surface area contributed by atoms with Gasteiger partial charge in [-0.2, -0.15) is 5.26 Å². The van der Waals surface area contributed by atoms with Gasteiger partial charge in [-0.25, -0.2) is 4.98 Å². The highest BCUT2D eigenvalue weighted by molar-refractivity contribution is 5.49. The molecule has 92 valence electrons. The van der Waals surface area contributed by atoms with Gasteiger partial charge in [0.15, 0.2) is 0 Å². The Morgan fingerprint density at radius 3 is 2.59 bits per heavy atom. The highest BCUT2D eigenvalue weighted by Gasteiger charge is 2.26. The number of pyridine rings is 1. The van der Waals surface area contributed by atoms with Crippen molar-refractivity contribution in [2.24, 2.45) is 0 Å². The molecule has 1 rings (SSSR count). The summed E-state index contributed by atoms with van der Waals surface area (Å²) in [5.74, 6) is 0.0145. The summed E-state index contributed by atoms with van der Waals surface area (Å²) in [4.78, 5) is 3.68. The van der Waals surface area contributed by atoms with E-state index in [9.17, 15) is 10.2 Å². The first-order valence-electron chi connectivity index (χ1n) is 4.81. The molecule has 0 saturated carbocycles. The number of anilines is 1. The quantitative estimate of drug-likeness (QED) is 0.420. The van der Waals surface area contributed by atoms with E-state index in [0.717, 1.165) is 0 Å². The van der Waals surface area contributed by atoms with Gasteiger partial charge in [-0.1, -0.05) is 0 Å². The van der Waals surface area contributed by atoms with Crippen LogP contribution in [0.15, 0.2) is 12.3 Å². The second-order valence-electron chi connectivity index (χ2n) is 3.50. The van der Waals surface area contributed by atoms with Crippen molar-refractivity contribution in [3.8, 4) is 6.07 Å². The number of nitrogens with zero attached hydrogens (tertiary/aromatic N) is 2. The van der Waals surface area contributed by atoms with Crippen LogP contribution < -0.4 is 5.73 Å². The summed E-state index contributed by atoms with van der Waals surface area (Å²) < 4.78 is 0. The topological polar surface area (TPSA) is 144 Å². The molecule has 1 aromatic heterocycles. The molecule has 0 bridgehead atoms. The molecular weight excluding hydrogens is 226 g/mol. The Morgan fingerprint density at radius 2 is 2.06 bits per heavy atom. The molecular formula is C10H13N3O4. The van der Waals surface area contributed by atoms with E-state index >= 15 is 0 Å². The average molecular weight is 239 g/mol. The number of hydrogen-bond donors (Lipinski definition) is 5. The lowest BCUT2D eigenvalue weighted by Gasteiger charge is -2.21. The van der Waals surface area contributed by atoms with Gasteiger partial charge in [0.05, 0.1) is 12.2 Å².